The third-order valence-electron chi connectivity index (χ3n) is 8.11. The molecule has 0 aromatic heterocycles. The number of carboxylic acids is 1. The minimum absolute atomic E-state index is 0.0675. The van der Waals surface area contributed by atoms with Gasteiger partial charge < -0.3 is 14.9 Å². The predicted octanol–water partition coefficient (Wildman–Crippen LogP) is 6.14. The van der Waals surface area contributed by atoms with Crippen LogP contribution in [0.3, 0.4) is 0 Å². The van der Waals surface area contributed by atoms with Crippen molar-refractivity contribution in [3.8, 4) is 0 Å². The van der Waals surface area contributed by atoms with Gasteiger partial charge in [-0.05, 0) is 98.8 Å². The number of amides is 2. The summed E-state index contributed by atoms with van der Waals surface area (Å²) in [4.78, 5) is 43.4. The van der Waals surface area contributed by atoms with Crippen molar-refractivity contribution in [1.29, 1.82) is 0 Å². The van der Waals surface area contributed by atoms with E-state index in [1.807, 2.05) is 77.4 Å². The molecular formula is C32H34ClN3O4. The van der Waals surface area contributed by atoms with E-state index in [1.54, 1.807) is 24.0 Å². The van der Waals surface area contributed by atoms with Crippen LogP contribution in [-0.2, 0) is 9.59 Å². The summed E-state index contributed by atoms with van der Waals surface area (Å²) < 4.78 is 0. The van der Waals surface area contributed by atoms with Crippen molar-refractivity contribution in [1.82, 2.24) is 4.90 Å². The number of nitrogens with zero attached hydrogens (tertiary/aromatic N) is 3. The Kier molecular flexibility index (Phi) is 8.24. The van der Waals surface area contributed by atoms with Crippen molar-refractivity contribution < 1.29 is 19.5 Å². The number of likely N-dealkylation sites (tertiary alicyclic amines) is 1. The van der Waals surface area contributed by atoms with Crippen molar-refractivity contribution in [2.45, 2.75) is 51.1 Å². The molecule has 40 heavy (non-hydrogen) atoms. The smallest absolute Gasteiger partial charge is 0.317 e. The van der Waals surface area contributed by atoms with Gasteiger partial charge in [-0.2, -0.15) is 0 Å². The Labute approximate surface area is 240 Å². The number of fused-ring (bicyclic) bond motifs is 1. The van der Waals surface area contributed by atoms with Crippen molar-refractivity contribution in [3.05, 3.63) is 94.5 Å². The minimum atomic E-state index is -0.792. The number of para-hydroxylation sites is 1. The van der Waals surface area contributed by atoms with Gasteiger partial charge in [-0.15, -0.1) is 0 Å². The van der Waals surface area contributed by atoms with Crippen LogP contribution in [0.4, 0.5) is 11.4 Å². The summed E-state index contributed by atoms with van der Waals surface area (Å²) in [5, 5.41) is 9.65. The first-order valence-electron chi connectivity index (χ1n) is 13.7. The largest absolute Gasteiger partial charge is 0.480 e. The summed E-state index contributed by atoms with van der Waals surface area (Å²) in [5.41, 5.74) is 4.32. The molecule has 2 heterocycles. The Balaban J connectivity index is 1.37. The molecule has 1 saturated heterocycles. The second kappa shape index (κ2) is 11.8. The maximum absolute atomic E-state index is 13.9. The average molecular weight is 560 g/mol. The molecule has 1 N–H and O–H groups in total. The van der Waals surface area contributed by atoms with E-state index in [-0.39, 0.29) is 30.4 Å². The third-order valence-corrected chi connectivity index (χ3v) is 8.36. The number of hydrogen-bond donors (Lipinski definition) is 1. The molecule has 0 bridgehead atoms. The van der Waals surface area contributed by atoms with Gasteiger partial charge in [-0.1, -0.05) is 41.9 Å². The van der Waals surface area contributed by atoms with Gasteiger partial charge in [-0.3, -0.25) is 19.3 Å². The second-order valence-electron chi connectivity index (χ2n) is 10.8. The summed E-state index contributed by atoms with van der Waals surface area (Å²) in [7, 11) is 0. The van der Waals surface area contributed by atoms with Gasteiger partial charge in [0.25, 0.3) is 5.91 Å². The lowest BCUT2D eigenvalue weighted by molar-refractivity contribution is -0.138. The summed E-state index contributed by atoms with van der Waals surface area (Å²) in [6, 6.07) is 22.6. The van der Waals surface area contributed by atoms with Crippen LogP contribution in [0.15, 0.2) is 72.8 Å². The Hall–Kier alpha value is -3.68. The molecule has 208 valence electrons. The molecule has 0 saturated carbocycles. The number of hydrogen-bond acceptors (Lipinski definition) is 4. The van der Waals surface area contributed by atoms with E-state index < -0.39 is 5.97 Å². The third kappa shape index (κ3) is 5.76. The SMILES string of the molecule is CC(=O)N(c1ccc(Cl)cc1)[C@@H]1C[C@H](C)N(C(=O)c2ccc(C3CCN(CC(=O)O)CC3)cc2)c2ccccc21. The highest BCUT2D eigenvalue weighted by atomic mass is 35.5. The lowest BCUT2D eigenvalue weighted by Crippen LogP contribution is -2.47. The molecule has 3 aromatic rings. The van der Waals surface area contributed by atoms with Crippen LogP contribution in [0.1, 0.15) is 66.6 Å². The molecule has 8 heteroatoms. The highest BCUT2D eigenvalue weighted by Crippen LogP contribution is 2.43. The van der Waals surface area contributed by atoms with Crippen LogP contribution >= 0.6 is 11.6 Å². The summed E-state index contributed by atoms with van der Waals surface area (Å²) in [6.45, 7) is 5.19. The zero-order valence-corrected chi connectivity index (χ0v) is 23.6. The van der Waals surface area contributed by atoms with E-state index in [4.69, 9.17) is 16.7 Å². The molecule has 2 atom stereocenters. The van der Waals surface area contributed by atoms with E-state index >= 15 is 0 Å². The fraction of sp³-hybridized carbons (Fsp3) is 0.344. The quantitative estimate of drug-likeness (QED) is 0.392. The second-order valence-corrected chi connectivity index (χ2v) is 11.2. The predicted molar refractivity (Wildman–Crippen MR) is 157 cm³/mol. The van der Waals surface area contributed by atoms with Crippen LogP contribution < -0.4 is 9.80 Å². The maximum atomic E-state index is 13.9. The number of benzene rings is 3. The zero-order chi connectivity index (χ0) is 28.4. The van der Waals surface area contributed by atoms with E-state index in [2.05, 4.69) is 0 Å². The molecule has 2 aliphatic heterocycles. The minimum Gasteiger partial charge on any atom is -0.480 e. The van der Waals surface area contributed by atoms with Crippen molar-refractivity contribution >= 4 is 40.8 Å². The number of rotatable bonds is 6. The number of halogens is 1. The molecule has 2 aliphatic rings. The lowest BCUT2D eigenvalue weighted by atomic mass is 9.88. The summed E-state index contributed by atoms with van der Waals surface area (Å²) in [6.07, 6.45) is 2.40. The highest BCUT2D eigenvalue weighted by Gasteiger charge is 2.38. The number of anilines is 2. The van der Waals surface area contributed by atoms with E-state index in [1.165, 1.54) is 5.56 Å². The van der Waals surface area contributed by atoms with E-state index in [0.717, 1.165) is 42.9 Å². The molecular weight excluding hydrogens is 526 g/mol. The molecule has 1 fully saturated rings. The monoisotopic (exact) mass is 559 g/mol. The van der Waals surface area contributed by atoms with E-state index in [0.29, 0.717) is 22.9 Å². The maximum Gasteiger partial charge on any atom is 0.317 e. The van der Waals surface area contributed by atoms with Crippen LogP contribution in [0.25, 0.3) is 0 Å². The molecule has 0 unspecified atom stereocenters. The molecule has 2 amide bonds. The number of aliphatic carboxylic acids is 1. The van der Waals surface area contributed by atoms with Gasteiger partial charge in [0.1, 0.15) is 0 Å². The molecule has 7 nitrogen and oxygen atoms in total. The van der Waals surface area contributed by atoms with Crippen LogP contribution in [0, 0.1) is 0 Å². The first-order valence-corrected chi connectivity index (χ1v) is 14.1. The fourth-order valence-electron chi connectivity index (χ4n) is 6.17. The van der Waals surface area contributed by atoms with Crippen LogP contribution in [0.2, 0.25) is 5.02 Å². The number of piperidine rings is 1. The first-order chi connectivity index (χ1) is 19.2. The highest BCUT2D eigenvalue weighted by molar-refractivity contribution is 6.30. The Morgan fingerprint density at radius 1 is 0.950 bits per heavy atom. The summed E-state index contributed by atoms with van der Waals surface area (Å²) in [5.74, 6) is -0.573. The van der Waals surface area contributed by atoms with Crippen LogP contribution in [-0.4, -0.2) is 53.5 Å². The lowest BCUT2D eigenvalue weighted by Gasteiger charge is -2.43. The molecule has 5 rings (SSSR count). The van der Waals surface area contributed by atoms with Crippen LogP contribution in [0.5, 0.6) is 0 Å². The van der Waals surface area contributed by atoms with E-state index in [9.17, 15) is 14.4 Å². The standard InChI is InChI=1S/C32H34ClN3O4/c1-21-19-30(36(22(2)37)27-13-11-26(33)12-14-27)28-5-3-4-6-29(28)35(21)32(40)25-9-7-23(8-10-25)24-15-17-34(18-16-24)20-31(38)39/h3-14,21,24,30H,15-20H2,1-2H3,(H,38,39)/t21-,30+/m0/s1. The molecule has 0 spiro atoms. The number of carbonyl (C=O) groups excluding carboxylic acids is 2. The van der Waals surface area contributed by atoms with Gasteiger partial charge in [0.2, 0.25) is 5.91 Å². The van der Waals surface area contributed by atoms with Crippen molar-refractivity contribution in [2.24, 2.45) is 0 Å². The number of carbonyl (C=O) groups is 3. The first kappa shape index (κ1) is 27.9. The zero-order valence-electron chi connectivity index (χ0n) is 22.8. The normalized spacial score (nSPS) is 19.6. The molecule has 0 radical (unpaired) electrons. The van der Waals surface area contributed by atoms with Crippen molar-refractivity contribution in [2.75, 3.05) is 29.4 Å². The fourth-order valence-corrected chi connectivity index (χ4v) is 6.30. The van der Waals surface area contributed by atoms with Gasteiger partial charge in [-0.25, -0.2) is 0 Å². The number of carboxylic acid groups (broad SMARTS) is 1. The van der Waals surface area contributed by atoms with Gasteiger partial charge >= 0.3 is 5.97 Å². The van der Waals surface area contributed by atoms with Crippen molar-refractivity contribution in [3.63, 3.8) is 0 Å². The average Bonchev–Trinajstić information content (AvgIpc) is 2.94. The van der Waals surface area contributed by atoms with Gasteiger partial charge in [0.15, 0.2) is 0 Å². The Morgan fingerprint density at radius 3 is 2.23 bits per heavy atom. The molecule has 0 aliphatic carbocycles. The topological polar surface area (TPSA) is 81.2 Å². The van der Waals surface area contributed by atoms with Gasteiger partial charge in [0.05, 0.1) is 12.6 Å². The summed E-state index contributed by atoms with van der Waals surface area (Å²) >= 11 is 6.11. The molecule has 3 aromatic carbocycles. The Bertz CT molecular complexity index is 1380. The van der Waals surface area contributed by atoms with Gasteiger partial charge in [0, 0.05) is 34.9 Å². The Morgan fingerprint density at radius 2 is 1.60 bits per heavy atom.